The summed E-state index contributed by atoms with van der Waals surface area (Å²) in [4.78, 5) is 25.3. The summed E-state index contributed by atoms with van der Waals surface area (Å²) in [6, 6.07) is 9.40. The Bertz CT molecular complexity index is 579. The normalized spacial score (nSPS) is 20.9. The molecule has 0 N–H and O–H groups in total. The van der Waals surface area contributed by atoms with Gasteiger partial charge < -0.3 is 9.47 Å². The minimum absolute atomic E-state index is 0.0227. The number of benzene rings is 1. The van der Waals surface area contributed by atoms with Crippen LogP contribution in [0.1, 0.15) is 18.9 Å². The lowest BCUT2D eigenvalue weighted by molar-refractivity contribution is -0.157. The van der Waals surface area contributed by atoms with Gasteiger partial charge in [-0.05, 0) is 12.5 Å². The van der Waals surface area contributed by atoms with Gasteiger partial charge in [-0.1, -0.05) is 30.3 Å². The SMILES string of the molecule is CC1=C(C(=O)OCc2ccccc2)N2C(=O)CC2CO1. The number of nitrogens with zero attached hydrogens (tertiary/aromatic N) is 1. The third-order valence-corrected chi connectivity index (χ3v) is 3.52. The van der Waals surface area contributed by atoms with E-state index in [2.05, 4.69) is 0 Å². The number of allylic oxidation sites excluding steroid dienone is 1. The Morgan fingerprint density at radius 3 is 2.85 bits per heavy atom. The largest absolute Gasteiger partial charge is 0.494 e. The van der Waals surface area contributed by atoms with E-state index in [0.717, 1.165) is 5.56 Å². The van der Waals surface area contributed by atoms with Crippen LogP contribution in [0.15, 0.2) is 41.8 Å². The summed E-state index contributed by atoms with van der Waals surface area (Å²) in [5.74, 6) is -0.110. The molecule has 1 fully saturated rings. The van der Waals surface area contributed by atoms with Crippen LogP contribution in [0.3, 0.4) is 0 Å². The van der Waals surface area contributed by atoms with E-state index in [0.29, 0.717) is 18.8 Å². The molecule has 20 heavy (non-hydrogen) atoms. The first-order chi connectivity index (χ1) is 9.66. The highest BCUT2D eigenvalue weighted by atomic mass is 16.5. The molecule has 1 amide bonds. The standard InChI is InChI=1S/C15H15NO4/c1-10-14(16-12(9-19-10)7-13(16)17)15(18)20-8-11-5-3-2-4-6-11/h2-6,12H,7-9H2,1H3. The zero-order valence-corrected chi connectivity index (χ0v) is 11.2. The first-order valence-corrected chi connectivity index (χ1v) is 6.53. The topological polar surface area (TPSA) is 55.8 Å². The summed E-state index contributed by atoms with van der Waals surface area (Å²) in [5.41, 5.74) is 1.15. The molecule has 104 valence electrons. The Morgan fingerprint density at radius 2 is 2.15 bits per heavy atom. The van der Waals surface area contributed by atoms with Crippen LogP contribution in [0.5, 0.6) is 0 Å². The number of carbonyl (C=O) groups is 2. The molecule has 1 aromatic carbocycles. The van der Waals surface area contributed by atoms with Crippen molar-refractivity contribution >= 4 is 11.9 Å². The van der Waals surface area contributed by atoms with Crippen LogP contribution >= 0.6 is 0 Å². The Balaban J connectivity index is 1.71. The third kappa shape index (κ3) is 2.15. The zero-order chi connectivity index (χ0) is 14.1. The highest BCUT2D eigenvalue weighted by molar-refractivity contribution is 5.97. The van der Waals surface area contributed by atoms with E-state index < -0.39 is 5.97 Å². The Labute approximate surface area is 116 Å². The summed E-state index contributed by atoms with van der Waals surface area (Å²) in [6.07, 6.45) is 0.433. The monoisotopic (exact) mass is 273 g/mol. The maximum atomic E-state index is 12.2. The molecule has 5 heteroatoms. The Morgan fingerprint density at radius 1 is 1.40 bits per heavy atom. The van der Waals surface area contributed by atoms with Gasteiger partial charge >= 0.3 is 5.97 Å². The lowest BCUT2D eigenvalue weighted by Crippen LogP contribution is -2.57. The molecule has 2 heterocycles. The Hall–Kier alpha value is -2.30. The first-order valence-electron chi connectivity index (χ1n) is 6.53. The van der Waals surface area contributed by atoms with E-state index >= 15 is 0 Å². The lowest BCUT2D eigenvalue weighted by atomic mass is 9.99. The lowest BCUT2D eigenvalue weighted by Gasteiger charge is -2.43. The fourth-order valence-electron chi connectivity index (χ4n) is 2.42. The van der Waals surface area contributed by atoms with Crippen molar-refractivity contribution in [2.24, 2.45) is 0 Å². The van der Waals surface area contributed by atoms with Gasteiger partial charge in [-0.3, -0.25) is 9.69 Å². The van der Waals surface area contributed by atoms with Gasteiger partial charge in [0, 0.05) is 0 Å². The maximum absolute atomic E-state index is 12.2. The summed E-state index contributed by atoms with van der Waals surface area (Å²) < 4.78 is 10.7. The minimum atomic E-state index is -0.510. The molecule has 0 spiro atoms. The van der Waals surface area contributed by atoms with Crippen molar-refractivity contribution in [3.8, 4) is 0 Å². The second-order valence-electron chi connectivity index (χ2n) is 4.90. The van der Waals surface area contributed by atoms with E-state index in [4.69, 9.17) is 9.47 Å². The van der Waals surface area contributed by atoms with Crippen molar-refractivity contribution < 1.29 is 19.1 Å². The number of fused-ring (bicyclic) bond motifs is 1. The highest BCUT2D eigenvalue weighted by Gasteiger charge is 2.45. The molecule has 0 aliphatic carbocycles. The fraction of sp³-hybridized carbons (Fsp3) is 0.333. The summed E-state index contributed by atoms with van der Waals surface area (Å²) in [5, 5.41) is 0. The molecule has 2 aliphatic heterocycles. The van der Waals surface area contributed by atoms with Crippen LogP contribution < -0.4 is 0 Å². The van der Waals surface area contributed by atoms with E-state index in [1.807, 2.05) is 30.3 Å². The molecule has 5 nitrogen and oxygen atoms in total. The molecule has 0 radical (unpaired) electrons. The van der Waals surface area contributed by atoms with Crippen LogP contribution in [0, 0.1) is 0 Å². The van der Waals surface area contributed by atoms with Crippen LogP contribution in [0.4, 0.5) is 0 Å². The highest BCUT2D eigenvalue weighted by Crippen LogP contribution is 2.32. The average Bonchev–Trinajstić information content (AvgIpc) is 2.46. The number of esters is 1. The van der Waals surface area contributed by atoms with Gasteiger partial charge in [0.15, 0.2) is 5.70 Å². The van der Waals surface area contributed by atoms with Gasteiger partial charge in [0.2, 0.25) is 5.91 Å². The number of rotatable bonds is 3. The average molecular weight is 273 g/mol. The summed E-state index contributed by atoms with van der Waals surface area (Å²) in [6.45, 7) is 2.32. The Kier molecular flexibility index (Phi) is 3.18. The van der Waals surface area contributed by atoms with Crippen molar-refractivity contribution in [1.29, 1.82) is 0 Å². The maximum Gasteiger partial charge on any atom is 0.358 e. The van der Waals surface area contributed by atoms with Gasteiger partial charge in [-0.2, -0.15) is 0 Å². The van der Waals surface area contributed by atoms with Crippen molar-refractivity contribution in [2.75, 3.05) is 6.61 Å². The predicted octanol–water partition coefficient (Wildman–Crippen LogP) is 1.59. The molecule has 2 aliphatic rings. The van der Waals surface area contributed by atoms with Gasteiger partial charge in [-0.25, -0.2) is 4.79 Å². The van der Waals surface area contributed by atoms with E-state index in [1.54, 1.807) is 6.92 Å². The van der Waals surface area contributed by atoms with Gasteiger partial charge in [-0.15, -0.1) is 0 Å². The summed E-state index contributed by atoms with van der Waals surface area (Å²) >= 11 is 0. The zero-order valence-electron chi connectivity index (χ0n) is 11.2. The number of amides is 1. The number of hydrogen-bond donors (Lipinski definition) is 0. The first kappa shape index (κ1) is 12.7. The number of hydrogen-bond acceptors (Lipinski definition) is 4. The molecule has 0 bridgehead atoms. The van der Waals surface area contributed by atoms with E-state index in [-0.39, 0.29) is 24.3 Å². The second kappa shape index (κ2) is 5.00. The molecule has 1 saturated heterocycles. The quantitative estimate of drug-likeness (QED) is 0.620. The van der Waals surface area contributed by atoms with Crippen LogP contribution in [0.2, 0.25) is 0 Å². The molecule has 0 saturated carbocycles. The van der Waals surface area contributed by atoms with Crippen molar-refractivity contribution in [1.82, 2.24) is 4.90 Å². The fourth-order valence-corrected chi connectivity index (χ4v) is 2.42. The third-order valence-electron chi connectivity index (χ3n) is 3.52. The molecular formula is C15H15NO4. The van der Waals surface area contributed by atoms with Crippen LogP contribution in [0.25, 0.3) is 0 Å². The smallest absolute Gasteiger partial charge is 0.358 e. The molecule has 1 atom stereocenters. The molecule has 1 unspecified atom stereocenters. The van der Waals surface area contributed by atoms with Gasteiger partial charge in [0.1, 0.15) is 19.0 Å². The number of carbonyl (C=O) groups excluding carboxylic acids is 2. The van der Waals surface area contributed by atoms with Crippen molar-refractivity contribution in [2.45, 2.75) is 26.0 Å². The molecule has 0 aromatic heterocycles. The van der Waals surface area contributed by atoms with Crippen molar-refractivity contribution in [3.05, 3.63) is 47.4 Å². The number of β-lactam (4-membered cyclic amide) rings is 1. The van der Waals surface area contributed by atoms with Gasteiger partial charge in [0.25, 0.3) is 0 Å². The second-order valence-corrected chi connectivity index (χ2v) is 4.90. The van der Waals surface area contributed by atoms with Gasteiger partial charge in [0.05, 0.1) is 12.5 Å². The van der Waals surface area contributed by atoms with E-state index in [1.165, 1.54) is 4.90 Å². The molecule has 3 rings (SSSR count). The van der Waals surface area contributed by atoms with E-state index in [9.17, 15) is 9.59 Å². The predicted molar refractivity (Wildman–Crippen MR) is 70.1 cm³/mol. The van der Waals surface area contributed by atoms with Crippen LogP contribution in [-0.2, 0) is 25.7 Å². The summed E-state index contributed by atoms with van der Waals surface area (Å²) in [7, 11) is 0. The molecular weight excluding hydrogens is 258 g/mol. The number of ether oxygens (including phenoxy) is 2. The van der Waals surface area contributed by atoms with Crippen LogP contribution in [-0.4, -0.2) is 29.4 Å². The van der Waals surface area contributed by atoms with Crippen molar-refractivity contribution in [3.63, 3.8) is 0 Å². The molecule has 1 aromatic rings. The minimum Gasteiger partial charge on any atom is -0.494 e.